The van der Waals surface area contributed by atoms with E-state index in [-0.39, 0.29) is 0 Å². The molecule has 0 spiro atoms. The molecule has 0 saturated carbocycles. The monoisotopic (exact) mass is 542 g/mol. The lowest BCUT2D eigenvalue weighted by Crippen LogP contribution is -2.10. The van der Waals surface area contributed by atoms with Crippen molar-refractivity contribution in [1.82, 2.24) is 0 Å². The normalized spacial score (nSPS) is 12.5. The van der Waals surface area contributed by atoms with E-state index >= 15 is 0 Å². The van der Waals surface area contributed by atoms with Crippen molar-refractivity contribution >= 4 is 11.9 Å². The van der Waals surface area contributed by atoms with Gasteiger partial charge < -0.3 is 9.47 Å². The summed E-state index contributed by atoms with van der Waals surface area (Å²) in [5.74, 6) is 0.919. The average Bonchev–Trinajstić information content (AvgIpc) is 2.98. The molecule has 0 amide bonds. The third-order valence-electron chi connectivity index (χ3n) is 7.66. The molecule has 3 aromatic rings. The number of hydrogen-bond donors (Lipinski definition) is 0. The highest BCUT2D eigenvalue weighted by molar-refractivity contribution is 5.92. The van der Waals surface area contributed by atoms with Gasteiger partial charge in [0, 0.05) is 0 Å². The quantitative estimate of drug-likeness (QED) is 0.103. The summed E-state index contributed by atoms with van der Waals surface area (Å²) >= 11 is 0. The van der Waals surface area contributed by atoms with E-state index in [2.05, 4.69) is 27.7 Å². The van der Waals surface area contributed by atoms with Gasteiger partial charge in [0.2, 0.25) is 0 Å². The van der Waals surface area contributed by atoms with Crippen molar-refractivity contribution in [3.8, 4) is 11.5 Å². The number of ether oxygens (including phenoxy) is 2. The second-order valence-corrected chi connectivity index (χ2v) is 11.0. The Balaban J connectivity index is 1.48. The van der Waals surface area contributed by atoms with Crippen molar-refractivity contribution < 1.29 is 19.1 Å². The molecule has 0 radical (unpaired) electrons. The fourth-order valence-electron chi connectivity index (χ4n) is 4.89. The molecule has 0 aromatic heterocycles. The number of carbonyl (C=O) groups is 2. The molecule has 40 heavy (non-hydrogen) atoms. The van der Waals surface area contributed by atoms with Gasteiger partial charge in [-0.15, -0.1) is 0 Å². The zero-order valence-electron chi connectivity index (χ0n) is 24.8. The summed E-state index contributed by atoms with van der Waals surface area (Å²) in [7, 11) is 0. The molecule has 4 heteroatoms. The Kier molecular flexibility index (Phi) is 13.0. The summed E-state index contributed by atoms with van der Waals surface area (Å²) in [5.41, 5.74) is 3.50. The zero-order valence-corrected chi connectivity index (χ0v) is 24.8. The first-order chi connectivity index (χ1) is 19.4. The molecule has 2 atom stereocenters. The number of carbonyl (C=O) groups excluding carboxylic acids is 2. The zero-order chi connectivity index (χ0) is 28.7. The fourth-order valence-corrected chi connectivity index (χ4v) is 4.89. The van der Waals surface area contributed by atoms with Gasteiger partial charge in [-0.1, -0.05) is 103 Å². The van der Waals surface area contributed by atoms with Crippen LogP contribution in [0.1, 0.15) is 136 Å². The first-order valence-electron chi connectivity index (χ1n) is 15.2. The van der Waals surface area contributed by atoms with Crippen LogP contribution in [0.4, 0.5) is 0 Å². The van der Waals surface area contributed by atoms with E-state index in [0.717, 1.165) is 12.8 Å². The topological polar surface area (TPSA) is 52.6 Å². The van der Waals surface area contributed by atoms with Gasteiger partial charge in [-0.3, -0.25) is 0 Å². The van der Waals surface area contributed by atoms with Crippen LogP contribution < -0.4 is 9.47 Å². The van der Waals surface area contributed by atoms with Crippen molar-refractivity contribution in [3.63, 3.8) is 0 Å². The number of benzene rings is 3. The minimum absolute atomic E-state index is 0.399. The van der Waals surface area contributed by atoms with Gasteiger partial charge in [0.1, 0.15) is 11.5 Å². The lowest BCUT2D eigenvalue weighted by Gasteiger charge is -2.13. The summed E-state index contributed by atoms with van der Waals surface area (Å²) in [6.07, 6.45) is 12.4. The molecule has 0 aliphatic carbocycles. The van der Waals surface area contributed by atoms with Crippen molar-refractivity contribution in [3.05, 3.63) is 95.1 Å². The number of rotatable bonds is 16. The summed E-state index contributed by atoms with van der Waals surface area (Å²) in [5, 5.41) is 0. The minimum atomic E-state index is -0.411. The predicted molar refractivity (Wildman–Crippen MR) is 164 cm³/mol. The first kappa shape index (κ1) is 31.1. The Labute approximate surface area is 241 Å². The largest absolute Gasteiger partial charge is 0.423 e. The highest BCUT2D eigenvalue weighted by Crippen LogP contribution is 2.25. The van der Waals surface area contributed by atoms with Crippen LogP contribution in [-0.2, 0) is 0 Å². The standard InChI is InChI=1S/C36H46O4/c1-5-7-9-11-13-27(3)29-15-19-31(20-16-29)35(37)39-33-23-25-34(26-24-33)40-36(38)32-21-17-30(18-22-32)28(4)14-12-10-8-6-2/h15-28H,5-14H2,1-4H3/t27-,28-/m1/s1. The highest BCUT2D eigenvalue weighted by atomic mass is 16.5. The predicted octanol–water partition coefficient (Wildman–Crippen LogP) is 10.3. The highest BCUT2D eigenvalue weighted by Gasteiger charge is 2.13. The van der Waals surface area contributed by atoms with Crippen molar-refractivity contribution in [2.45, 2.75) is 104 Å². The molecule has 0 fully saturated rings. The van der Waals surface area contributed by atoms with Crippen LogP contribution in [0.2, 0.25) is 0 Å². The SMILES string of the molecule is CCCCCC[C@@H](C)c1ccc(C(=O)Oc2ccc(OC(=O)c3ccc([C@H](C)CCCCCC)cc3)cc2)cc1. The van der Waals surface area contributed by atoms with Gasteiger partial charge in [-0.25, -0.2) is 9.59 Å². The molecule has 3 rings (SSSR count). The van der Waals surface area contributed by atoms with Crippen LogP contribution >= 0.6 is 0 Å². The van der Waals surface area contributed by atoms with Crippen LogP contribution in [0.15, 0.2) is 72.8 Å². The maximum Gasteiger partial charge on any atom is 0.343 e. The lowest BCUT2D eigenvalue weighted by atomic mass is 9.94. The van der Waals surface area contributed by atoms with Gasteiger partial charge in [0.25, 0.3) is 0 Å². The summed E-state index contributed by atoms with van der Waals surface area (Å²) < 4.78 is 11.1. The Bertz CT molecular complexity index is 1070. The van der Waals surface area contributed by atoms with Gasteiger partial charge in [-0.05, 0) is 84.3 Å². The van der Waals surface area contributed by atoms with Crippen LogP contribution in [0.3, 0.4) is 0 Å². The molecular weight excluding hydrogens is 496 g/mol. The van der Waals surface area contributed by atoms with Gasteiger partial charge in [-0.2, -0.15) is 0 Å². The molecule has 4 nitrogen and oxygen atoms in total. The third kappa shape index (κ3) is 9.97. The van der Waals surface area contributed by atoms with E-state index in [9.17, 15) is 9.59 Å². The number of hydrogen-bond acceptors (Lipinski definition) is 4. The van der Waals surface area contributed by atoms with E-state index in [0.29, 0.717) is 34.5 Å². The fraction of sp³-hybridized carbons (Fsp3) is 0.444. The smallest absolute Gasteiger partial charge is 0.343 e. The molecule has 214 valence electrons. The van der Waals surface area contributed by atoms with E-state index in [4.69, 9.17) is 9.47 Å². The maximum absolute atomic E-state index is 12.6. The Hall–Kier alpha value is -3.40. The van der Waals surface area contributed by atoms with Crippen molar-refractivity contribution in [2.24, 2.45) is 0 Å². The average molecular weight is 543 g/mol. The molecule has 0 aliphatic heterocycles. The van der Waals surface area contributed by atoms with E-state index in [1.165, 1.54) is 62.5 Å². The van der Waals surface area contributed by atoms with Gasteiger partial charge in [0.05, 0.1) is 11.1 Å². The van der Waals surface area contributed by atoms with Crippen LogP contribution in [0.5, 0.6) is 11.5 Å². The summed E-state index contributed by atoms with van der Waals surface area (Å²) in [4.78, 5) is 25.3. The van der Waals surface area contributed by atoms with Crippen molar-refractivity contribution in [1.29, 1.82) is 0 Å². The second kappa shape index (κ2) is 16.6. The molecule has 0 saturated heterocycles. The third-order valence-corrected chi connectivity index (χ3v) is 7.66. The molecule has 0 N–H and O–H groups in total. The summed E-state index contributed by atoms with van der Waals surface area (Å²) in [6, 6.07) is 21.9. The minimum Gasteiger partial charge on any atom is -0.423 e. The van der Waals surface area contributed by atoms with E-state index in [1.54, 1.807) is 24.3 Å². The molecule has 0 unspecified atom stereocenters. The second-order valence-electron chi connectivity index (χ2n) is 11.0. The molecule has 0 bridgehead atoms. The number of esters is 2. The molecular formula is C36H46O4. The lowest BCUT2D eigenvalue weighted by molar-refractivity contribution is 0.0719. The Morgan fingerprint density at radius 3 is 1.20 bits per heavy atom. The van der Waals surface area contributed by atoms with E-state index in [1.807, 2.05) is 48.5 Å². The Morgan fingerprint density at radius 1 is 0.525 bits per heavy atom. The van der Waals surface area contributed by atoms with Gasteiger partial charge in [0.15, 0.2) is 0 Å². The van der Waals surface area contributed by atoms with Crippen molar-refractivity contribution in [2.75, 3.05) is 0 Å². The van der Waals surface area contributed by atoms with E-state index < -0.39 is 11.9 Å². The summed E-state index contributed by atoms with van der Waals surface area (Å²) in [6.45, 7) is 8.92. The Morgan fingerprint density at radius 2 is 0.875 bits per heavy atom. The molecule has 0 heterocycles. The molecule has 0 aliphatic rings. The maximum atomic E-state index is 12.6. The first-order valence-corrected chi connectivity index (χ1v) is 15.2. The van der Waals surface area contributed by atoms with Gasteiger partial charge >= 0.3 is 11.9 Å². The van der Waals surface area contributed by atoms with Crippen LogP contribution in [0, 0.1) is 0 Å². The molecule has 3 aromatic carbocycles. The van der Waals surface area contributed by atoms with Crippen LogP contribution in [-0.4, -0.2) is 11.9 Å². The van der Waals surface area contributed by atoms with Crippen LogP contribution in [0.25, 0.3) is 0 Å². The number of unbranched alkanes of at least 4 members (excludes halogenated alkanes) is 6.